The second-order valence-electron chi connectivity index (χ2n) is 4.28. The van der Waals surface area contributed by atoms with Gasteiger partial charge in [0, 0.05) is 6.54 Å². The Labute approximate surface area is 123 Å². The maximum absolute atomic E-state index is 12.2. The van der Waals surface area contributed by atoms with Crippen LogP contribution in [0, 0.1) is 11.3 Å². The number of nitrogens with zero attached hydrogens (tertiary/aromatic N) is 1. The number of hydrogen-bond acceptors (Lipinski definition) is 4. The van der Waals surface area contributed by atoms with E-state index in [2.05, 4.69) is 4.72 Å². The first kappa shape index (κ1) is 15.0. The molecule has 0 amide bonds. The molecule has 0 saturated carbocycles. The molecule has 0 unspecified atom stereocenters. The quantitative estimate of drug-likeness (QED) is 0.916. The molecule has 1 N–H and O–H groups in total. The highest BCUT2D eigenvalue weighted by Crippen LogP contribution is 2.16. The average molecular weight is 302 g/mol. The Bertz CT molecular complexity index is 780. The Morgan fingerprint density at radius 1 is 1.19 bits per heavy atom. The standard InChI is InChI=1S/C15H14N2O3S/c1-20-14-7-4-5-12(9-14)11-17-21(18,19)15-8-3-2-6-13(15)10-16/h2-9,17H,11H2,1H3. The van der Waals surface area contributed by atoms with Crippen molar-refractivity contribution in [2.45, 2.75) is 11.4 Å². The van der Waals surface area contributed by atoms with Crippen LogP contribution >= 0.6 is 0 Å². The maximum Gasteiger partial charge on any atom is 0.242 e. The lowest BCUT2D eigenvalue weighted by Gasteiger charge is -2.09. The van der Waals surface area contributed by atoms with Gasteiger partial charge in [0.1, 0.15) is 11.8 Å². The summed E-state index contributed by atoms with van der Waals surface area (Å²) < 4.78 is 32.1. The molecule has 21 heavy (non-hydrogen) atoms. The molecule has 0 saturated heterocycles. The van der Waals surface area contributed by atoms with Crippen molar-refractivity contribution in [1.82, 2.24) is 4.72 Å². The van der Waals surface area contributed by atoms with Crippen molar-refractivity contribution in [2.24, 2.45) is 0 Å². The van der Waals surface area contributed by atoms with Crippen molar-refractivity contribution in [3.8, 4) is 11.8 Å². The Morgan fingerprint density at radius 3 is 2.67 bits per heavy atom. The predicted octanol–water partition coefficient (Wildman–Crippen LogP) is 2.05. The molecular weight excluding hydrogens is 288 g/mol. The number of rotatable bonds is 5. The van der Waals surface area contributed by atoms with Crippen molar-refractivity contribution in [3.63, 3.8) is 0 Å². The van der Waals surface area contributed by atoms with Gasteiger partial charge >= 0.3 is 0 Å². The molecule has 0 aliphatic carbocycles. The van der Waals surface area contributed by atoms with Crippen LogP contribution in [-0.4, -0.2) is 15.5 Å². The van der Waals surface area contributed by atoms with Crippen molar-refractivity contribution in [3.05, 3.63) is 59.7 Å². The first-order chi connectivity index (χ1) is 10.1. The van der Waals surface area contributed by atoms with E-state index in [-0.39, 0.29) is 17.0 Å². The number of hydrogen-bond donors (Lipinski definition) is 1. The molecule has 0 bridgehead atoms. The summed E-state index contributed by atoms with van der Waals surface area (Å²) in [5, 5.41) is 8.98. The molecule has 2 rings (SSSR count). The van der Waals surface area contributed by atoms with Gasteiger partial charge in [0.05, 0.1) is 17.6 Å². The largest absolute Gasteiger partial charge is 0.497 e. The van der Waals surface area contributed by atoms with Crippen LogP contribution in [0.25, 0.3) is 0 Å². The number of nitriles is 1. The molecule has 0 aliphatic rings. The van der Waals surface area contributed by atoms with Gasteiger partial charge in [0.25, 0.3) is 0 Å². The lowest BCUT2D eigenvalue weighted by molar-refractivity contribution is 0.414. The second kappa shape index (κ2) is 6.39. The van der Waals surface area contributed by atoms with Gasteiger partial charge in [0.15, 0.2) is 0 Å². The van der Waals surface area contributed by atoms with Crippen molar-refractivity contribution < 1.29 is 13.2 Å². The number of sulfonamides is 1. The van der Waals surface area contributed by atoms with E-state index in [0.29, 0.717) is 5.75 Å². The van der Waals surface area contributed by atoms with Crippen LogP contribution in [0.3, 0.4) is 0 Å². The number of benzene rings is 2. The molecule has 0 radical (unpaired) electrons. The van der Waals surface area contributed by atoms with Gasteiger partial charge in [-0.3, -0.25) is 0 Å². The summed E-state index contributed by atoms with van der Waals surface area (Å²) in [6.45, 7) is 0.124. The summed E-state index contributed by atoms with van der Waals surface area (Å²) in [6.07, 6.45) is 0. The summed E-state index contributed by atoms with van der Waals surface area (Å²) in [5.41, 5.74) is 0.892. The highest BCUT2D eigenvalue weighted by atomic mass is 32.2. The third-order valence-corrected chi connectivity index (χ3v) is 4.36. The highest BCUT2D eigenvalue weighted by molar-refractivity contribution is 7.89. The molecule has 108 valence electrons. The minimum Gasteiger partial charge on any atom is -0.497 e. The van der Waals surface area contributed by atoms with Crippen LogP contribution in [0.2, 0.25) is 0 Å². The van der Waals surface area contributed by atoms with E-state index in [0.717, 1.165) is 5.56 Å². The van der Waals surface area contributed by atoms with E-state index < -0.39 is 10.0 Å². The fraction of sp³-hybridized carbons (Fsp3) is 0.133. The number of ether oxygens (including phenoxy) is 1. The lowest BCUT2D eigenvalue weighted by Crippen LogP contribution is -2.24. The fourth-order valence-corrected chi connectivity index (χ4v) is 3.00. The van der Waals surface area contributed by atoms with Gasteiger partial charge in [-0.15, -0.1) is 0 Å². The number of methoxy groups -OCH3 is 1. The molecule has 0 spiro atoms. The second-order valence-corrected chi connectivity index (χ2v) is 6.02. The van der Waals surface area contributed by atoms with Crippen LogP contribution in [0.5, 0.6) is 5.75 Å². The molecule has 2 aromatic carbocycles. The Balaban J connectivity index is 2.20. The molecular formula is C15H14N2O3S. The molecule has 5 nitrogen and oxygen atoms in total. The zero-order chi connectivity index (χ0) is 15.3. The van der Waals surface area contributed by atoms with E-state index >= 15 is 0 Å². The third-order valence-electron chi connectivity index (χ3n) is 2.90. The van der Waals surface area contributed by atoms with E-state index in [1.807, 2.05) is 6.07 Å². The first-order valence-electron chi connectivity index (χ1n) is 6.18. The Morgan fingerprint density at radius 2 is 1.95 bits per heavy atom. The van der Waals surface area contributed by atoms with Crippen LogP contribution in [0.15, 0.2) is 53.4 Å². The fourth-order valence-electron chi connectivity index (χ4n) is 1.83. The average Bonchev–Trinajstić information content (AvgIpc) is 2.53. The summed E-state index contributed by atoms with van der Waals surface area (Å²) in [4.78, 5) is -0.0182. The van der Waals surface area contributed by atoms with E-state index in [9.17, 15) is 8.42 Å². The summed E-state index contributed by atoms with van der Waals surface area (Å²) in [7, 11) is -2.19. The van der Waals surface area contributed by atoms with Crippen molar-refractivity contribution in [2.75, 3.05) is 7.11 Å². The SMILES string of the molecule is COc1cccc(CNS(=O)(=O)c2ccccc2C#N)c1. The highest BCUT2D eigenvalue weighted by Gasteiger charge is 2.17. The minimum atomic E-state index is -3.73. The molecule has 0 heterocycles. The third kappa shape index (κ3) is 3.60. The molecule has 2 aromatic rings. The Kier molecular flexibility index (Phi) is 4.58. The topological polar surface area (TPSA) is 79.2 Å². The van der Waals surface area contributed by atoms with Gasteiger partial charge in [-0.1, -0.05) is 24.3 Å². The van der Waals surface area contributed by atoms with E-state index in [1.54, 1.807) is 43.5 Å². The zero-order valence-corrected chi connectivity index (χ0v) is 12.2. The van der Waals surface area contributed by atoms with Crippen molar-refractivity contribution >= 4 is 10.0 Å². The van der Waals surface area contributed by atoms with Gasteiger partial charge in [-0.25, -0.2) is 13.1 Å². The van der Waals surface area contributed by atoms with E-state index in [1.165, 1.54) is 12.1 Å². The van der Waals surface area contributed by atoms with Gasteiger partial charge in [-0.2, -0.15) is 5.26 Å². The van der Waals surface area contributed by atoms with E-state index in [4.69, 9.17) is 10.00 Å². The van der Waals surface area contributed by atoms with Crippen LogP contribution in [0.1, 0.15) is 11.1 Å². The summed E-state index contributed by atoms with van der Waals surface area (Å²) in [6, 6.07) is 15.1. The Hall–Kier alpha value is -2.36. The number of nitrogens with one attached hydrogen (secondary N) is 1. The minimum absolute atomic E-state index is 0.0182. The normalized spacial score (nSPS) is 10.9. The molecule has 6 heteroatoms. The van der Waals surface area contributed by atoms with Crippen LogP contribution in [-0.2, 0) is 16.6 Å². The first-order valence-corrected chi connectivity index (χ1v) is 7.67. The van der Waals surface area contributed by atoms with Gasteiger partial charge in [0.2, 0.25) is 10.0 Å². The summed E-state index contributed by atoms with van der Waals surface area (Å²) in [5.74, 6) is 0.657. The van der Waals surface area contributed by atoms with Gasteiger partial charge < -0.3 is 4.74 Å². The predicted molar refractivity (Wildman–Crippen MR) is 78.2 cm³/mol. The monoisotopic (exact) mass is 302 g/mol. The molecule has 0 atom stereocenters. The lowest BCUT2D eigenvalue weighted by atomic mass is 10.2. The molecule has 0 fully saturated rings. The summed E-state index contributed by atoms with van der Waals surface area (Å²) >= 11 is 0. The van der Waals surface area contributed by atoms with Crippen LogP contribution < -0.4 is 9.46 Å². The maximum atomic E-state index is 12.2. The molecule has 0 aliphatic heterocycles. The van der Waals surface area contributed by atoms with Crippen molar-refractivity contribution in [1.29, 1.82) is 5.26 Å². The zero-order valence-electron chi connectivity index (χ0n) is 11.4. The molecule has 0 aromatic heterocycles. The smallest absolute Gasteiger partial charge is 0.242 e. The van der Waals surface area contributed by atoms with Gasteiger partial charge in [-0.05, 0) is 29.8 Å². The van der Waals surface area contributed by atoms with Crippen LogP contribution in [0.4, 0.5) is 0 Å².